The maximum Gasteiger partial charge on any atom is 0.358 e. The number of carbonyl (C=O) groups is 1. The molecule has 0 aliphatic rings. The summed E-state index contributed by atoms with van der Waals surface area (Å²) in [6.07, 6.45) is 0. The van der Waals surface area contributed by atoms with Crippen LogP contribution in [0.15, 0.2) is 51.5 Å². The van der Waals surface area contributed by atoms with Crippen LogP contribution in [0.3, 0.4) is 0 Å². The molecule has 0 spiro atoms. The van der Waals surface area contributed by atoms with Crippen molar-refractivity contribution in [3.63, 3.8) is 0 Å². The molecule has 2 aromatic heterocycles. The normalized spacial score (nSPS) is 11.2. The molecule has 0 unspecified atom stereocenters. The van der Waals surface area contributed by atoms with E-state index in [0.29, 0.717) is 21.9 Å². The second kappa shape index (κ2) is 7.66. The number of nitro benzene ring substituents is 1. The Kier molecular flexibility index (Phi) is 5.13. The molecule has 0 atom stereocenters. The van der Waals surface area contributed by atoms with Crippen molar-refractivity contribution in [1.29, 1.82) is 0 Å². The maximum atomic E-state index is 11.2. The molecule has 0 fully saturated rings. The van der Waals surface area contributed by atoms with Crippen molar-refractivity contribution >= 4 is 39.5 Å². The average Bonchev–Trinajstić information content (AvgIpc) is 3.29. The number of nitrogens with one attached hydrogen (secondary N) is 1. The number of carboxylic acid groups (broad SMARTS) is 1. The standard InChI is InChI=1S/C16H12N4O6S/c1-25-19-15(16(21)22)9-6-14(27-8-9)17-13-7-12(26-18-13)10-4-2-3-5-11(10)20(23)24/h2-8H,1H3,(H,17,18)(H,21,22)/b19-15+. The van der Waals surface area contributed by atoms with Crippen molar-refractivity contribution in [2.75, 3.05) is 12.4 Å². The van der Waals surface area contributed by atoms with Crippen LogP contribution in [-0.4, -0.2) is 34.0 Å². The zero-order valence-electron chi connectivity index (χ0n) is 13.8. The topological polar surface area (TPSA) is 140 Å². The van der Waals surface area contributed by atoms with E-state index in [9.17, 15) is 14.9 Å². The van der Waals surface area contributed by atoms with Gasteiger partial charge in [0.1, 0.15) is 7.11 Å². The van der Waals surface area contributed by atoms with Crippen LogP contribution in [0.1, 0.15) is 5.56 Å². The number of rotatable bonds is 7. The number of para-hydroxylation sites is 1. The summed E-state index contributed by atoms with van der Waals surface area (Å²) < 4.78 is 5.19. The Morgan fingerprint density at radius 1 is 1.41 bits per heavy atom. The zero-order chi connectivity index (χ0) is 19.4. The molecule has 0 aliphatic heterocycles. The van der Waals surface area contributed by atoms with E-state index in [-0.39, 0.29) is 17.2 Å². The number of hydrogen-bond acceptors (Lipinski definition) is 9. The smallest absolute Gasteiger partial charge is 0.358 e. The summed E-state index contributed by atoms with van der Waals surface area (Å²) in [6, 6.07) is 9.24. The fourth-order valence-electron chi connectivity index (χ4n) is 2.26. The third-order valence-corrected chi connectivity index (χ3v) is 4.23. The summed E-state index contributed by atoms with van der Waals surface area (Å²) in [5.74, 6) is -0.674. The summed E-state index contributed by atoms with van der Waals surface area (Å²) in [4.78, 5) is 26.4. The number of benzene rings is 1. The SMILES string of the molecule is CO/N=C(/C(=O)O)c1csc(Nc2cc(-c3ccccc3[N+](=O)[O-])on2)c1. The van der Waals surface area contributed by atoms with Crippen molar-refractivity contribution < 1.29 is 24.2 Å². The zero-order valence-corrected chi connectivity index (χ0v) is 14.6. The largest absolute Gasteiger partial charge is 0.476 e. The van der Waals surface area contributed by atoms with E-state index < -0.39 is 10.9 Å². The first-order chi connectivity index (χ1) is 13.0. The lowest BCUT2D eigenvalue weighted by Gasteiger charge is -1.98. The number of anilines is 2. The molecule has 3 aromatic rings. The number of nitrogens with zero attached hydrogens (tertiary/aromatic N) is 3. The van der Waals surface area contributed by atoms with Gasteiger partial charge in [-0.25, -0.2) is 4.79 Å². The Morgan fingerprint density at radius 2 is 2.19 bits per heavy atom. The predicted octanol–water partition coefficient (Wildman–Crippen LogP) is 3.49. The minimum Gasteiger partial charge on any atom is -0.476 e. The second-order valence-corrected chi connectivity index (χ2v) is 6.01. The Hall–Kier alpha value is -3.73. The van der Waals surface area contributed by atoms with Crippen molar-refractivity contribution in [2.24, 2.45) is 5.16 Å². The van der Waals surface area contributed by atoms with E-state index >= 15 is 0 Å². The van der Waals surface area contributed by atoms with Crippen LogP contribution in [0.2, 0.25) is 0 Å². The first kappa shape index (κ1) is 18.1. The van der Waals surface area contributed by atoms with E-state index in [1.807, 2.05) is 0 Å². The van der Waals surface area contributed by atoms with Gasteiger partial charge in [-0.1, -0.05) is 22.4 Å². The number of nitro groups is 1. The van der Waals surface area contributed by atoms with Gasteiger partial charge in [-0.05, 0) is 12.1 Å². The van der Waals surface area contributed by atoms with Gasteiger partial charge in [0.25, 0.3) is 5.69 Å². The van der Waals surface area contributed by atoms with Gasteiger partial charge in [-0.3, -0.25) is 10.1 Å². The first-order valence-electron chi connectivity index (χ1n) is 7.40. The monoisotopic (exact) mass is 388 g/mol. The molecule has 2 heterocycles. The van der Waals surface area contributed by atoms with Gasteiger partial charge in [0, 0.05) is 23.1 Å². The maximum absolute atomic E-state index is 11.2. The number of hydrogen-bond donors (Lipinski definition) is 2. The lowest BCUT2D eigenvalue weighted by atomic mass is 10.1. The first-order valence-corrected chi connectivity index (χ1v) is 8.28. The third kappa shape index (κ3) is 3.93. The van der Waals surface area contributed by atoms with Crippen LogP contribution in [0, 0.1) is 10.1 Å². The molecule has 3 rings (SSSR count). The summed E-state index contributed by atoms with van der Waals surface area (Å²) in [5, 5.41) is 32.7. The van der Waals surface area contributed by atoms with Crippen LogP contribution < -0.4 is 5.32 Å². The molecule has 0 saturated carbocycles. The molecule has 11 heteroatoms. The van der Waals surface area contributed by atoms with E-state index in [2.05, 4.69) is 20.5 Å². The third-order valence-electron chi connectivity index (χ3n) is 3.39. The number of carboxylic acids is 1. The quantitative estimate of drug-likeness (QED) is 0.356. The molecule has 0 saturated heterocycles. The minimum absolute atomic E-state index is 0.0968. The van der Waals surface area contributed by atoms with E-state index in [1.165, 1.54) is 30.6 Å². The van der Waals surface area contributed by atoms with Crippen molar-refractivity contribution in [2.45, 2.75) is 0 Å². The number of aliphatic carboxylic acids is 1. The van der Waals surface area contributed by atoms with E-state index in [0.717, 1.165) is 0 Å². The lowest BCUT2D eigenvalue weighted by Crippen LogP contribution is -2.13. The molecule has 27 heavy (non-hydrogen) atoms. The summed E-state index contributed by atoms with van der Waals surface area (Å²) in [5.41, 5.74) is 0.331. The summed E-state index contributed by atoms with van der Waals surface area (Å²) >= 11 is 1.23. The van der Waals surface area contributed by atoms with Crippen LogP contribution in [0.4, 0.5) is 16.5 Å². The molecule has 0 bridgehead atoms. The highest BCUT2D eigenvalue weighted by atomic mass is 32.1. The molecular weight excluding hydrogens is 376 g/mol. The Morgan fingerprint density at radius 3 is 2.89 bits per heavy atom. The van der Waals surface area contributed by atoms with E-state index in [4.69, 9.17) is 9.63 Å². The van der Waals surface area contributed by atoms with Gasteiger partial charge in [0.2, 0.25) is 0 Å². The van der Waals surface area contributed by atoms with Gasteiger partial charge >= 0.3 is 5.97 Å². The molecule has 0 aliphatic carbocycles. The lowest BCUT2D eigenvalue weighted by molar-refractivity contribution is -0.384. The van der Waals surface area contributed by atoms with Gasteiger partial charge in [-0.15, -0.1) is 11.3 Å². The summed E-state index contributed by atoms with van der Waals surface area (Å²) in [6.45, 7) is 0. The molecule has 138 valence electrons. The fraction of sp³-hybridized carbons (Fsp3) is 0.0625. The van der Waals surface area contributed by atoms with Crippen molar-refractivity contribution in [3.05, 3.63) is 57.5 Å². The molecular formula is C16H12N4O6S. The number of oxime groups is 1. The van der Waals surface area contributed by atoms with Gasteiger partial charge in [0.15, 0.2) is 17.3 Å². The minimum atomic E-state index is -1.22. The average molecular weight is 388 g/mol. The van der Waals surface area contributed by atoms with Crippen LogP contribution >= 0.6 is 11.3 Å². The molecule has 0 amide bonds. The van der Waals surface area contributed by atoms with Crippen LogP contribution in [0.5, 0.6) is 0 Å². The number of thiophene rings is 1. The predicted molar refractivity (Wildman–Crippen MR) is 97.4 cm³/mol. The molecule has 2 N–H and O–H groups in total. The highest BCUT2D eigenvalue weighted by Crippen LogP contribution is 2.32. The fourth-order valence-corrected chi connectivity index (χ4v) is 3.05. The number of aromatic nitrogens is 1. The van der Waals surface area contributed by atoms with E-state index in [1.54, 1.807) is 29.6 Å². The van der Waals surface area contributed by atoms with Gasteiger partial charge < -0.3 is 19.8 Å². The molecule has 10 nitrogen and oxygen atoms in total. The molecule has 0 radical (unpaired) electrons. The van der Waals surface area contributed by atoms with Crippen molar-refractivity contribution in [3.8, 4) is 11.3 Å². The Balaban J connectivity index is 1.83. The second-order valence-electron chi connectivity index (χ2n) is 5.10. The Labute approximate surface area is 155 Å². The van der Waals surface area contributed by atoms with Gasteiger partial charge in [-0.2, -0.15) is 0 Å². The van der Waals surface area contributed by atoms with Gasteiger partial charge in [0.05, 0.1) is 15.5 Å². The van der Waals surface area contributed by atoms with Crippen LogP contribution in [-0.2, 0) is 9.63 Å². The van der Waals surface area contributed by atoms with Crippen molar-refractivity contribution in [1.82, 2.24) is 5.16 Å². The Bertz CT molecular complexity index is 1030. The summed E-state index contributed by atoms with van der Waals surface area (Å²) in [7, 11) is 1.26. The van der Waals surface area contributed by atoms with Crippen LogP contribution in [0.25, 0.3) is 11.3 Å². The highest BCUT2D eigenvalue weighted by molar-refractivity contribution is 7.14. The highest BCUT2D eigenvalue weighted by Gasteiger charge is 2.19. The molecule has 1 aromatic carbocycles.